The molecule has 0 atom stereocenters. The Morgan fingerprint density at radius 2 is 2.36 bits per heavy atom. The molecule has 1 aromatic rings. The number of hydrogen-bond acceptors (Lipinski definition) is 2. The summed E-state index contributed by atoms with van der Waals surface area (Å²) in [5.74, 6) is 0.909. The Hall–Kier alpha value is -0.570. The highest BCUT2D eigenvalue weighted by Crippen LogP contribution is 2.27. The quantitative estimate of drug-likeness (QED) is 0.771. The molecule has 0 saturated carbocycles. The Morgan fingerprint density at radius 1 is 1.57 bits per heavy atom. The third kappa shape index (κ3) is 2.08. The molecule has 2 heterocycles. The van der Waals surface area contributed by atoms with Crippen LogP contribution in [0, 0.1) is 5.92 Å². The molecule has 1 saturated heterocycles. The molecule has 14 heavy (non-hydrogen) atoms. The lowest BCUT2D eigenvalue weighted by molar-refractivity contribution is 0.380. The van der Waals surface area contributed by atoms with Gasteiger partial charge in [-0.05, 0) is 40.4 Å². The summed E-state index contributed by atoms with van der Waals surface area (Å²) in [4.78, 5) is 6.54. The first-order valence-electron chi connectivity index (χ1n) is 5.16. The van der Waals surface area contributed by atoms with Crippen LogP contribution in [0.5, 0.6) is 0 Å². The van der Waals surface area contributed by atoms with Gasteiger partial charge in [0, 0.05) is 25.0 Å². The van der Waals surface area contributed by atoms with E-state index >= 15 is 0 Å². The minimum absolute atomic E-state index is 0.909. The number of aromatic nitrogens is 1. The minimum atomic E-state index is 0.909. The minimum Gasteiger partial charge on any atom is -0.371 e. The van der Waals surface area contributed by atoms with Crippen LogP contribution in [0.1, 0.15) is 19.8 Å². The maximum atomic E-state index is 4.13. The van der Waals surface area contributed by atoms with Crippen molar-refractivity contribution < 1.29 is 0 Å². The summed E-state index contributed by atoms with van der Waals surface area (Å²) in [6.07, 6.45) is 4.52. The second kappa shape index (κ2) is 4.30. The molecule has 0 unspecified atom stereocenters. The monoisotopic (exact) mass is 254 g/mol. The molecule has 0 spiro atoms. The van der Waals surface area contributed by atoms with E-state index in [0.717, 1.165) is 10.5 Å². The van der Waals surface area contributed by atoms with E-state index in [2.05, 4.69) is 44.9 Å². The van der Waals surface area contributed by atoms with Crippen LogP contribution in [0.3, 0.4) is 0 Å². The van der Waals surface area contributed by atoms with Crippen molar-refractivity contribution >= 4 is 21.6 Å². The fourth-order valence-corrected chi connectivity index (χ4v) is 2.31. The Morgan fingerprint density at radius 3 is 3.00 bits per heavy atom. The number of pyridine rings is 1. The van der Waals surface area contributed by atoms with Crippen molar-refractivity contribution in [1.29, 1.82) is 0 Å². The maximum absolute atomic E-state index is 4.13. The highest BCUT2D eigenvalue weighted by atomic mass is 79.9. The van der Waals surface area contributed by atoms with Gasteiger partial charge in [-0.3, -0.25) is 0 Å². The molecule has 1 aliphatic heterocycles. The van der Waals surface area contributed by atoms with E-state index in [4.69, 9.17) is 0 Å². The van der Waals surface area contributed by atoms with Gasteiger partial charge in [-0.15, -0.1) is 0 Å². The molecule has 0 N–H and O–H groups in total. The maximum Gasteiger partial charge on any atom is 0.108 e. The topological polar surface area (TPSA) is 16.1 Å². The molecule has 2 rings (SSSR count). The second-order valence-electron chi connectivity index (χ2n) is 3.90. The summed E-state index contributed by atoms with van der Waals surface area (Å²) in [6, 6.07) is 4.16. The lowest BCUT2D eigenvalue weighted by Crippen LogP contribution is -2.46. The van der Waals surface area contributed by atoms with Gasteiger partial charge >= 0.3 is 0 Å². The average Bonchev–Trinajstić information content (AvgIpc) is 2.10. The van der Waals surface area contributed by atoms with Gasteiger partial charge < -0.3 is 4.90 Å². The number of rotatable bonds is 3. The van der Waals surface area contributed by atoms with E-state index in [-0.39, 0.29) is 0 Å². The molecule has 0 bridgehead atoms. The molecular weight excluding hydrogens is 240 g/mol. The molecule has 1 aliphatic rings. The van der Waals surface area contributed by atoms with Crippen molar-refractivity contribution in [3.63, 3.8) is 0 Å². The standard InChI is InChI=1S/C11H15BrN2/c1-2-3-9-7-14(8-9)10-4-5-13-11(12)6-10/h4-6,9H,2-3,7-8H2,1H3. The second-order valence-corrected chi connectivity index (χ2v) is 4.71. The fourth-order valence-electron chi connectivity index (χ4n) is 1.96. The first-order valence-corrected chi connectivity index (χ1v) is 5.95. The molecule has 76 valence electrons. The highest BCUT2D eigenvalue weighted by molar-refractivity contribution is 9.10. The molecule has 1 fully saturated rings. The highest BCUT2D eigenvalue weighted by Gasteiger charge is 2.25. The van der Waals surface area contributed by atoms with Crippen LogP contribution in [0.25, 0.3) is 0 Å². The zero-order chi connectivity index (χ0) is 9.97. The smallest absolute Gasteiger partial charge is 0.108 e. The summed E-state index contributed by atoms with van der Waals surface area (Å²) in [5.41, 5.74) is 1.29. The van der Waals surface area contributed by atoms with Gasteiger partial charge in [0.1, 0.15) is 4.60 Å². The van der Waals surface area contributed by atoms with Crippen LogP contribution in [-0.4, -0.2) is 18.1 Å². The lowest BCUT2D eigenvalue weighted by Gasteiger charge is -2.41. The summed E-state index contributed by atoms with van der Waals surface area (Å²) in [5, 5.41) is 0. The first kappa shape index (κ1) is 9.97. The van der Waals surface area contributed by atoms with Crippen molar-refractivity contribution in [2.24, 2.45) is 5.92 Å². The van der Waals surface area contributed by atoms with Crippen molar-refractivity contribution in [2.75, 3.05) is 18.0 Å². The Balaban J connectivity index is 1.93. The normalized spacial score (nSPS) is 16.9. The van der Waals surface area contributed by atoms with E-state index in [1.807, 2.05) is 6.20 Å². The van der Waals surface area contributed by atoms with Crippen molar-refractivity contribution in [2.45, 2.75) is 19.8 Å². The molecule has 0 radical (unpaired) electrons. The van der Waals surface area contributed by atoms with Gasteiger partial charge in [0.05, 0.1) is 0 Å². The number of nitrogens with zero attached hydrogens (tertiary/aromatic N) is 2. The molecular formula is C11H15BrN2. The number of anilines is 1. The lowest BCUT2D eigenvalue weighted by atomic mass is 9.94. The predicted octanol–water partition coefficient (Wildman–Crippen LogP) is 3.08. The van der Waals surface area contributed by atoms with Crippen molar-refractivity contribution in [1.82, 2.24) is 4.98 Å². The molecule has 0 aliphatic carbocycles. The van der Waals surface area contributed by atoms with E-state index in [1.54, 1.807) is 0 Å². The molecule has 0 amide bonds. The Bertz CT molecular complexity index is 308. The van der Waals surface area contributed by atoms with E-state index in [0.29, 0.717) is 0 Å². The van der Waals surface area contributed by atoms with Gasteiger partial charge in [0.15, 0.2) is 0 Å². The van der Waals surface area contributed by atoms with Crippen LogP contribution >= 0.6 is 15.9 Å². The van der Waals surface area contributed by atoms with E-state index < -0.39 is 0 Å². The Kier molecular flexibility index (Phi) is 3.06. The van der Waals surface area contributed by atoms with E-state index in [1.165, 1.54) is 31.6 Å². The first-order chi connectivity index (χ1) is 6.79. The van der Waals surface area contributed by atoms with Crippen molar-refractivity contribution in [3.05, 3.63) is 22.9 Å². The number of hydrogen-bond donors (Lipinski definition) is 0. The van der Waals surface area contributed by atoms with Gasteiger partial charge in [0.25, 0.3) is 0 Å². The van der Waals surface area contributed by atoms with Gasteiger partial charge in [0.2, 0.25) is 0 Å². The molecule has 0 aromatic carbocycles. The zero-order valence-electron chi connectivity index (χ0n) is 8.41. The predicted molar refractivity (Wildman–Crippen MR) is 62.5 cm³/mol. The van der Waals surface area contributed by atoms with Crippen LogP contribution in [0.2, 0.25) is 0 Å². The fraction of sp³-hybridized carbons (Fsp3) is 0.545. The van der Waals surface area contributed by atoms with Gasteiger partial charge in [-0.2, -0.15) is 0 Å². The zero-order valence-corrected chi connectivity index (χ0v) is 10.00. The summed E-state index contributed by atoms with van der Waals surface area (Å²) >= 11 is 3.39. The molecule has 2 nitrogen and oxygen atoms in total. The summed E-state index contributed by atoms with van der Waals surface area (Å²) in [7, 11) is 0. The third-order valence-electron chi connectivity index (χ3n) is 2.73. The summed E-state index contributed by atoms with van der Waals surface area (Å²) in [6.45, 7) is 4.68. The molecule has 1 aromatic heterocycles. The van der Waals surface area contributed by atoms with Crippen LogP contribution in [0.15, 0.2) is 22.9 Å². The molecule has 3 heteroatoms. The van der Waals surface area contributed by atoms with Crippen LogP contribution < -0.4 is 4.90 Å². The summed E-state index contributed by atoms with van der Waals surface area (Å²) < 4.78 is 0.925. The van der Waals surface area contributed by atoms with E-state index in [9.17, 15) is 0 Å². The van der Waals surface area contributed by atoms with Gasteiger partial charge in [-0.1, -0.05) is 13.3 Å². The van der Waals surface area contributed by atoms with Crippen LogP contribution in [-0.2, 0) is 0 Å². The SMILES string of the molecule is CCCC1CN(c2ccnc(Br)c2)C1. The Labute approximate surface area is 93.5 Å². The van der Waals surface area contributed by atoms with Crippen molar-refractivity contribution in [3.8, 4) is 0 Å². The number of halogens is 1. The largest absolute Gasteiger partial charge is 0.371 e. The average molecular weight is 255 g/mol. The van der Waals surface area contributed by atoms with Gasteiger partial charge in [-0.25, -0.2) is 4.98 Å². The third-order valence-corrected chi connectivity index (χ3v) is 3.16. The van der Waals surface area contributed by atoms with Crippen LogP contribution in [0.4, 0.5) is 5.69 Å².